The van der Waals surface area contributed by atoms with Gasteiger partial charge in [-0.3, -0.25) is 14.4 Å². The molecule has 3 rings (SSSR count). The summed E-state index contributed by atoms with van der Waals surface area (Å²) in [4.78, 5) is 38.6. The maximum atomic E-state index is 12.7. The van der Waals surface area contributed by atoms with Gasteiger partial charge in [0.05, 0.1) is 18.7 Å². The molecule has 8 nitrogen and oxygen atoms in total. The standard InChI is InChI=1S/C18H23N3O5/c1-25-14-5-3-2-4-13(14)21-11-12(10-15(21)22)16(23)20-18(17(19)24)6-8-26-9-7-18/h2-5,12H,6-11H2,1H3,(H2,19,24)(H,20,23). The molecule has 1 aromatic carbocycles. The van der Waals surface area contributed by atoms with Crippen molar-refractivity contribution in [3.63, 3.8) is 0 Å². The third-order valence-electron chi connectivity index (χ3n) is 5.05. The quantitative estimate of drug-likeness (QED) is 0.778. The number of para-hydroxylation sites is 2. The van der Waals surface area contributed by atoms with E-state index in [0.717, 1.165) is 0 Å². The highest BCUT2D eigenvalue weighted by atomic mass is 16.5. The molecule has 2 heterocycles. The molecule has 3 N–H and O–H groups in total. The van der Waals surface area contributed by atoms with Crippen LogP contribution in [-0.2, 0) is 19.1 Å². The zero-order valence-corrected chi connectivity index (χ0v) is 14.7. The Morgan fingerprint density at radius 2 is 2.00 bits per heavy atom. The lowest BCUT2D eigenvalue weighted by molar-refractivity contribution is -0.137. The van der Waals surface area contributed by atoms with Crippen LogP contribution in [0.15, 0.2) is 24.3 Å². The van der Waals surface area contributed by atoms with Crippen molar-refractivity contribution in [1.82, 2.24) is 5.32 Å². The second-order valence-electron chi connectivity index (χ2n) is 6.63. The molecule has 8 heteroatoms. The lowest BCUT2D eigenvalue weighted by Crippen LogP contribution is -2.61. The third-order valence-corrected chi connectivity index (χ3v) is 5.05. The summed E-state index contributed by atoms with van der Waals surface area (Å²) in [6.45, 7) is 0.955. The predicted octanol–water partition coefficient (Wildman–Crippen LogP) is 0.199. The number of nitrogens with zero attached hydrogens (tertiary/aromatic N) is 1. The van der Waals surface area contributed by atoms with Crippen LogP contribution in [0, 0.1) is 5.92 Å². The molecule has 2 aliphatic heterocycles. The summed E-state index contributed by atoms with van der Waals surface area (Å²) in [5.41, 5.74) is 5.06. The molecule has 2 fully saturated rings. The average Bonchev–Trinajstić information content (AvgIpc) is 3.04. The van der Waals surface area contributed by atoms with Gasteiger partial charge in [-0.15, -0.1) is 0 Å². The summed E-state index contributed by atoms with van der Waals surface area (Å²) >= 11 is 0. The summed E-state index contributed by atoms with van der Waals surface area (Å²) in [5.74, 6) is -1.04. The zero-order valence-electron chi connectivity index (χ0n) is 14.7. The van der Waals surface area contributed by atoms with Gasteiger partial charge < -0.3 is 25.4 Å². The molecule has 1 atom stereocenters. The molecule has 0 bridgehead atoms. The van der Waals surface area contributed by atoms with E-state index >= 15 is 0 Å². The van der Waals surface area contributed by atoms with Gasteiger partial charge in [0.2, 0.25) is 17.7 Å². The van der Waals surface area contributed by atoms with Crippen LogP contribution in [0.2, 0.25) is 0 Å². The normalized spacial score (nSPS) is 22.1. The number of hydrogen-bond donors (Lipinski definition) is 2. The molecule has 26 heavy (non-hydrogen) atoms. The zero-order chi connectivity index (χ0) is 18.7. The Kier molecular flexibility index (Phi) is 5.13. The number of nitrogens with two attached hydrogens (primary N) is 1. The number of carbonyl (C=O) groups is 3. The summed E-state index contributed by atoms with van der Waals surface area (Å²) in [6.07, 6.45) is 0.755. The van der Waals surface area contributed by atoms with Gasteiger partial charge in [0, 0.05) is 39.0 Å². The lowest BCUT2D eigenvalue weighted by Gasteiger charge is -2.35. The van der Waals surface area contributed by atoms with E-state index in [2.05, 4.69) is 5.32 Å². The number of amides is 3. The molecule has 0 aromatic heterocycles. The summed E-state index contributed by atoms with van der Waals surface area (Å²) in [5, 5.41) is 2.79. The topological polar surface area (TPSA) is 111 Å². The number of ether oxygens (including phenoxy) is 2. The summed E-state index contributed by atoms with van der Waals surface area (Å²) in [6, 6.07) is 7.16. The first-order valence-electron chi connectivity index (χ1n) is 8.60. The number of primary amides is 1. The van der Waals surface area contributed by atoms with E-state index < -0.39 is 17.4 Å². The van der Waals surface area contributed by atoms with Gasteiger partial charge in [-0.25, -0.2) is 0 Å². The van der Waals surface area contributed by atoms with Crippen molar-refractivity contribution in [2.45, 2.75) is 24.8 Å². The van der Waals surface area contributed by atoms with E-state index in [-0.39, 0.29) is 24.8 Å². The molecule has 1 unspecified atom stereocenters. The van der Waals surface area contributed by atoms with Crippen molar-refractivity contribution >= 4 is 23.4 Å². The minimum Gasteiger partial charge on any atom is -0.495 e. The van der Waals surface area contributed by atoms with Crippen LogP contribution < -0.4 is 20.7 Å². The fourth-order valence-electron chi connectivity index (χ4n) is 3.46. The minimum atomic E-state index is -1.10. The van der Waals surface area contributed by atoms with E-state index in [1.165, 1.54) is 7.11 Å². The number of nitrogens with one attached hydrogen (secondary N) is 1. The van der Waals surface area contributed by atoms with Gasteiger partial charge in [0.1, 0.15) is 11.3 Å². The fourth-order valence-corrected chi connectivity index (χ4v) is 3.46. The van der Waals surface area contributed by atoms with Crippen molar-refractivity contribution in [1.29, 1.82) is 0 Å². The van der Waals surface area contributed by atoms with Crippen LogP contribution in [0.1, 0.15) is 19.3 Å². The Balaban J connectivity index is 1.73. The molecule has 2 saturated heterocycles. The molecule has 0 radical (unpaired) electrons. The Bertz CT molecular complexity index is 715. The van der Waals surface area contributed by atoms with Crippen LogP contribution in [0.3, 0.4) is 0 Å². The van der Waals surface area contributed by atoms with Gasteiger partial charge in [0.25, 0.3) is 0 Å². The van der Waals surface area contributed by atoms with Gasteiger partial charge in [-0.05, 0) is 12.1 Å². The van der Waals surface area contributed by atoms with E-state index in [1.807, 2.05) is 12.1 Å². The monoisotopic (exact) mass is 361 g/mol. The number of hydrogen-bond acceptors (Lipinski definition) is 5. The minimum absolute atomic E-state index is 0.0786. The van der Waals surface area contributed by atoms with Crippen LogP contribution >= 0.6 is 0 Å². The molecule has 3 amide bonds. The van der Waals surface area contributed by atoms with Crippen molar-refractivity contribution in [2.24, 2.45) is 11.7 Å². The highest BCUT2D eigenvalue weighted by Gasteiger charge is 2.43. The van der Waals surface area contributed by atoms with Gasteiger partial charge >= 0.3 is 0 Å². The highest BCUT2D eigenvalue weighted by Crippen LogP contribution is 2.33. The first-order chi connectivity index (χ1) is 12.5. The van der Waals surface area contributed by atoms with Crippen LogP contribution in [0.25, 0.3) is 0 Å². The second kappa shape index (κ2) is 7.33. The predicted molar refractivity (Wildman–Crippen MR) is 93.6 cm³/mol. The highest BCUT2D eigenvalue weighted by molar-refractivity contribution is 6.02. The van der Waals surface area contributed by atoms with Crippen LogP contribution in [-0.4, -0.2) is 50.1 Å². The SMILES string of the molecule is COc1ccccc1N1CC(C(=O)NC2(C(N)=O)CCOCC2)CC1=O. The van der Waals surface area contributed by atoms with E-state index in [9.17, 15) is 14.4 Å². The van der Waals surface area contributed by atoms with Crippen molar-refractivity contribution in [3.05, 3.63) is 24.3 Å². The number of anilines is 1. The Morgan fingerprint density at radius 1 is 1.31 bits per heavy atom. The first-order valence-corrected chi connectivity index (χ1v) is 8.60. The Morgan fingerprint density at radius 3 is 2.65 bits per heavy atom. The maximum Gasteiger partial charge on any atom is 0.243 e. The van der Waals surface area contributed by atoms with E-state index in [4.69, 9.17) is 15.2 Å². The summed E-state index contributed by atoms with van der Waals surface area (Å²) in [7, 11) is 1.53. The smallest absolute Gasteiger partial charge is 0.243 e. The van der Waals surface area contributed by atoms with Crippen molar-refractivity contribution in [3.8, 4) is 5.75 Å². The number of benzene rings is 1. The van der Waals surface area contributed by atoms with E-state index in [0.29, 0.717) is 37.5 Å². The second-order valence-corrected chi connectivity index (χ2v) is 6.63. The molecule has 0 aliphatic carbocycles. The van der Waals surface area contributed by atoms with Gasteiger partial charge in [-0.1, -0.05) is 12.1 Å². The largest absolute Gasteiger partial charge is 0.495 e. The average molecular weight is 361 g/mol. The molecular formula is C18H23N3O5. The molecule has 0 spiro atoms. The molecule has 1 aromatic rings. The fraction of sp³-hybridized carbons (Fsp3) is 0.500. The molecule has 2 aliphatic rings. The van der Waals surface area contributed by atoms with Gasteiger partial charge in [-0.2, -0.15) is 0 Å². The van der Waals surface area contributed by atoms with Crippen LogP contribution in [0.4, 0.5) is 5.69 Å². The summed E-state index contributed by atoms with van der Waals surface area (Å²) < 4.78 is 10.6. The number of carbonyl (C=O) groups excluding carboxylic acids is 3. The van der Waals surface area contributed by atoms with E-state index in [1.54, 1.807) is 17.0 Å². The maximum absolute atomic E-state index is 12.7. The molecular weight excluding hydrogens is 338 g/mol. The molecule has 0 saturated carbocycles. The van der Waals surface area contributed by atoms with Crippen molar-refractivity contribution < 1.29 is 23.9 Å². The Labute approximate surface area is 151 Å². The van der Waals surface area contributed by atoms with Gasteiger partial charge in [0.15, 0.2) is 0 Å². The molecule has 140 valence electrons. The lowest BCUT2D eigenvalue weighted by atomic mass is 9.88. The van der Waals surface area contributed by atoms with Crippen molar-refractivity contribution in [2.75, 3.05) is 31.8 Å². The number of methoxy groups -OCH3 is 1. The van der Waals surface area contributed by atoms with Crippen LogP contribution in [0.5, 0.6) is 5.75 Å². The Hall–Kier alpha value is -2.61. The first kappa shape index (κ1) is 18.2. The third kappa shape index (κ3) is 3.37. The number of rotatable bonds is 5.